The van der Waals surface area contributed by atoms with Gasteiger partial charge in [-0.2, -0.15) is 0 Å². The van der Waals surface area contributed by atoms with Gasteiger partial charge in [0.15, 0.2) is 0 Å². The molecule has 0 bridgehead atoms. The van der Waals surface area contributed by atoms with Crippen molar-refractivity contribution in [3.8, 4) is 22.4 Å². The highest BCUT2D eigenvalue weighted by Crippen LogP contribution is 2.22. The standard InChI is InChI=1S/C16H13N3/c17-15-4-1-13(2-5-15)16-6-3-14(11-19-16)12-7-9-18-10-8-12/h1-11H,17H2. The molecule has 0 aliphatic rings. The summed E-state index contributed by atoms with van der Waals surface area (Å²) in [5.41, 5.74) is 10.6. The molecule has 3 aromatic rings. The third-order valence-electron chi connectivity index (χ3n) is 2.98. The number of rotatable bonds is 2. The van der Waals surface area contributed by atoms with Crippen LogP contribution in [-0.4, -0.2) is 9.97 Å². The molecule has 0 aliphatic heterocycles. The van der Waals surface area contributed by atoms with Crippen molar-refractivity contribution in [2.24, 2.45) is 0 Å². The third-order valence-corrected chi connectivity index (χ3v) is 2.98. The maximum atomic E-state index is 5.68. The van der Waals surface area contributed by atoms with Gasteiger partial charge in [0.1, 0.15) is 0 Å². The maximum absolute atomic E-state index is 5.68. The topological polar surface area (TPSA) is 51.8 Å². The van der Waals surface area contributed by atoms with Crippen molar-refractivity contribution in [3.63, 3.8) is 0 Å². The first-order chi connectivity index (χ1) is 9.33. The average molecular weight is 247 g/mol. The van der Waals surface area contributed by atoms with E-state index in [0.29, 0.717) is 0 Å². The number of nitrogens with two attached hydrogens (primary N) is 1. The van der Waals surface area contributed by atoms with Crippen LogP contribution in [-0.2, 0) is 0 Å². The summed E-state index contributed by atoms with van der Waals surface area (Å²) in [6.45, 7) is 0. The monoisotopic (exact) mass is 247 g/mol. The Balaban J connectivity index is 1.93. The van der Waals surface area contributed by atoms with Crippen molar-refractivity contribution < 1.29 is 0 Å². The van der Waals surface area contributed by atoms with Gasteiger partial charge >= 0.3 is 0 Å². The highest BCUT2D eigenvalue weighted by atomic mass is 14.7. The molecule has 2 N–H and O–H groups in total. The van der Waals surface area contributed by atoms with Crippen LogP contribution >= 0.6 is 0 Å². The van der Waals surface area contributed by atoms with E-state index in [9.17, 15) is 0 Å². The lowest BCUT2D eigenvalue weighted by Gasteiger charge is -2.04. The Morgan fingerprint density at radius 1 is 0.684 bits per heavy atom. The summed E-state index contributed by atoms with van der Waals surface area (Å²) in [5, 5.41) is 0. The Morgan fingerprint density at radius 3 is 2.00 bits per heavy atom. The second-order valence-electron chi connectivity index (χ2n) is 4.29. The fourth-order valence-corrected chi connectivity index (χ4v) is 1.93. The molecule has 19 heavy (non-hydrogen) atoms. The van der Waals surface area contributed by atoms with Gasteiger partial charge in [-0.3, -0.25) is 9.97 Å². The third kappa shape index (κ3) is 2.45. The lowest BCUT2D eigenvalue weighted by atomic mass is 10.1. The summed E-state index contributed by atoms with van der Waals surface area (Å²) in [6.07, 6.45) is 5.44. The Hall–Kier alpha value is -2.68. The lowest BCUT2D eigenvalue weighted by Crippen LogP contribution is -1.87. The van der Waals surface area contributed by atoms with Crippen LogP contribution in [0.1, 0.15) is 0 Å². The van der Waals surface area contributed by atoms with Crippen LogP contribution in [0.3, 0.4) is 0 Å². The molecule has 0 saturated carbocycles. The number of aromatic nitrogens is 2. The van der Waals surface area contributed by atoms with Crippen molar-refractivity contribution in [1.82, 2.24) is 9.97 Å². The van der Waals surface area contributed by atoms with E-state index in [1.54, 1.807) is 12.4 Å². The van der Waals surface area contributed by atoms with Gasteiger partial charge < -0.3 is 5.73 Å². The molecule has 1 aromatic carbocycles. The number of pyridine rings is 2. The Labute approximate surface area is 111 Å². The van der Waals surface area contributed by atoms with Crippen molar-refractivity contribution in [2.75, 3.05) is 5.73 Å². The van der Waals surface area contributed by atoms with Crippen LogP contribution < -0.4 is 5.73 Å². The van der Waals surface area contributed by atoms with Gasteiger partial charge in [0.25, 0.3) is 0 Å². The van der Waals surface area contributed by atoms with Gasteiger partial charge in [0.2, 0.25) is 0 Å². The molecule has 0 atom stereocenters. The van der Waals surface area contributed by atoms with E-state index in [1.165, 1.54) is 0 Å². The minimum Gasteiger partial charge on any atom is -0.399 e. The van der Waals surface area contributed by atoms with Gasteiger partial charge in [0, 0.05) is 35.4 Å². The average Bonchev–Trinajstić information content (AvgIpc) is 2.49. The van der Waals surface area contributed by atoms with E-state index < -0.39 is 0 Å². The zero-order chi connectivity index (χ0) is 13.1. The molecule has 3 nitrogen and oxygen atoms in total. The molecule has 2 aromatic heterocycles. The number of nitrogens with zero attached hydrogens (tertiary/aromatic N) is 2. The molecule has 0 amide bonds. The van der Waals surface area contributed by atoms with Crippen molar-refractivity contribution in [2.45, 2.75) is 0 Å². The SMILES string of the molecule is Nc1ccc(-c2ccc(-c3ccncc3)cn2)cc1. The summed E-state index contributed by atoms with van der Waals surface area (Å²) in [4.78, 5) is 8.51. The van der Waals surface area contributed by atoms with Gasteiger partial charge in [-0.1, -0.05) is 18.2 Å². The van der Waals surface area contributed by atoms with Crippen molar-refractivity contribution in [3.05, 3.63) is 67.1 Å². The first-order valence-electron chi connectivity index (χ1n) is 6.05. The van der Waals surface area contributed by atoms with Gasteiger partial charge in [0.05, 0.1) is 5.69 Å². The maximum Gasteiger partial charge on any atom is 0.0702 e. The fraction of sp³-hybridized carbons (Fsp3) is 0. The fourth-order valence-electron chi connectivity index (χ4n) is 1.93. The molecular formula is C16H13N3. The molecule has 0 unspecified atom stereocenters. The van der Waals surface area contributed by atoms with Crippen molar-refractivity contribution in [1.29, 1.82) is 0 Å². The van der Waals surface area contributed by atoms with Gasteiger partial charge in [-0.15, -0.1) is 0 Å². The quantitative estimate of drug-likeness (QED) is 0.706. The summed E-state index contributed by atoms with van der Waals surface area (Å²) in [5.74, 6) is 0. The Kier molecular flexibility index (Phi) is 2.94. The number of hydrogen-bond donors (Lipinski definition) is 1. The zero-order valence-electron chi connectivity index (χ0n) is 10.3. The Morgan fingerprint density at radius 2 is 1.37 bits per heavy atom. The molecule has 0 radical (unpaired) electrons. The van der Waals surface area contributed by atoms with E-state index in [4.69, 9.17) is 5.73 Å². The van der Waals surface area contributed by atoms with Crippen LogP contribution in [0.2, 0.25) is 0 Å². The van der Waals surface area contributed by atoms with Crippen LogP contribution in [0.4, 0.5) is 5.69 Å². The van der Waals surface area contributed by atoms with E-state index >= 15 is 0 Å². The van der Waals surface area contributed by atoms with E-state index in [1.807, 2.05) is 48.7 Å². The summed E-state index contributed by atoms with van der Waals surface area (Å²) >= 11 is 0. The first kappa shape index (κ1) is 11.4. The second-order valence-corrected chi connectivity index (χ2v) is 4.29. The van der Waals surface area contributed by atoms with Gasteiger partial charge in [-0.25, -0.2) is 0 Å². The summed E-state index contributed by atoms with van der Waals surface area (Å²) < 4.78 is 0. The predicted octanol–water partition coefficient (Wildman–Crippen LogP) is 3.39. The number of anilines is 1. The minimum absolute atomic E-state index is 0.761. The van der Waals surface area contributed by atoms with Gasteiger partial charge in [-0.05, 0) is 35.9 Å². The van der Waals surface area contributed by atoms with Crippen molar-refractivity contribution >= 4 is 5.69 Å². The van der Waals surface area contributed by atoms with Crippen LogP contribution in [0.15, 0.2) is 67.1 Å². The van der Waals surface area contributed by atoms with Crippen LogP contribution in [0.25, 0.3) is 22.4 Å². The molecule has 2 heterocycles. The number of hydrogen-bond acceptors (Lipinski definition) is 3. The molecule has 0 spiro atoms. The molecule has 3 heteroatoms. The summed E-state index contributed by atoms with van der Waals surface area (Å²) in [6, 6.07) is 15.7. The zero-order valence-corrected chi connectivity index (χ0v) is 10.3. The number of nitrogen functional groups attached to an aromatic ring is 1. The van der Waals surface area contributed by atoms with Crippen LogP contribution in [0.5, 0.6) is 0 Å². The smallest absolute Gasteiger partial charge is 0.0702 e. The van der Waals surface area contributed by atoms with E-state index in [-0.39, 0.29) is 0 Å². The normalized spacial score (nSPS) is 10.3. The largest absolute Gasteiger partial charge is 0.399 e. The predicted molar refractivity (Wildman–Crippen MR) is 77.3 cm³/mol. The molecule has 3 rings (SSSR count). The lowest BCUT2D eigenvalue weighted by molar-refractivity contribution is 1.30. The Bertz CT molecular complexity index is 659. The van der Waals surface area contributed by atoms with Crippen LogP contribution in [0, 0.1) is 0 Å². The van der Waals surface area contributed by atoms with E-state index in [0.717, 1.165) is 28.1 Å². The molecule has 92 valence electrons. The molecule has 0 fully saturated rings. The second kappa shape index (κ2) is 4.90. The summed E-state index contributed by atoms with van der Waals surface area (Å²) in [7, 11) is 0. The molecular weight excluding hydrogens is 234 g/mol. The molecule has 0 aliphatic carbocycles. The number of benzene rings is 1. The minimum atomic E-state index is 0.761. The highest BCUT2D eigenvalue weighted by Gasteiger charge is 2.01. The molecule has 0 saturated heterocycles. The highest BCUT2D eigenvalue weighted by molar-refractivity contribution is 5.67. The van der Waals surface area contributed by atoms with E-state index in [2.05, 4.69) is 16.0 Å². The first-order valence-corrected chi connectivity index (χ1v) is 6.05.